The van der Waals surface area contributed by atoms with Gasteiger partial charge in [-0.25, -0.2) is 0 Å². The van der Waals surface area contributed by atoms with E-state index in [1.165, 1.54) is 4.88 Å². The van der Waals surface area contributed by atoms with Crippen LogP contribution in [0.4, 0.5) is 0 Å². The normalized spacial score (nSPS) is 12.8. The fraction of sp³-hybridized carbons (Fsp3) is 0.615. The topological polar surface area (TPSA) is 32.3 Å². The minimum absolute atomic E-state index is 0.155. The second-order valence-corrected chi connectivity index (χ2v) is 5.70. The molecule has 1 aromatic rings. The minimum Gasteiger partial charge on any atom is -0.342 e. The molecule has 1 aromatic heterocycles. The van der Waals surface area contributed by atoms with E-state index in [0.717, 1.165) is 6.42 Å². The summed E-state index contributed by atoms with van der Waals surface area (Å²) in [6.07, 6.45) is 0.932. The lowest BCUT2D eigenvalue weighted by Crippen LogP contribution is -2.42. The van der Waals surface area contributed by atoms with E-state index in [2.05, 4.69) is 29.8 Å². The van der Waals surface area contributed by atoms with Crippen molar-refractivity contribution in [2.24, 2.45) is 0 Å². The molecule has 0 radical (unpaired) electrons. The monoisotopic (exact) mass is 254 g/mol. The molecule has 0 aromatic carbocycles. The van der Waals surface area contributed by atoms with E-state index in [4.69, 9.17) is 0 Å². The van der Waals surface area contributed by atoms with Gasteiger partial charge < -0.3 is 10.2 Å². The van der Waals surface area contributed by atoms with Gasteiger partial charge in [-0.05, 0) is 18.4 Å². The van der Waals surface area contributed by atoms with Gasteiger partial charge in [-0.15, -0.1) is 11.3 Å². The van der Waals surface area contributed by atoms with Crippen LogP contribution in [-0.4, -0.2) is 36.5 Å². The van der Waals surface area contributed by atoms with Crippen LogP contribution in [-0.2, 0) is 11.2 Å². The third-order valence-corrected chi connectivity index (χ3v) is 3.69. The summed E-state index contributed by atoms with van der Waals surface area (Å²) in [6, 6.07) is 4.76. The largest absolute Gasteiger partial charge is 0.342 e. The van der Waals surface area contributed by atoms with Crippen molar-refractivity contribution in [2.75, 3.05) is 13.6 Å². The van der Waals surface area contributed by atoms with Gasteiger partial charge in [0.05, 0.1) is 6.54 Å². The molecule has 0 spiro atoms. The van der Waals surface area contributed by atoms with Crippen molar-refractivity contribution in [1.29, 1.82) is 0 Å². The Bertz CT molecular complexity index is 335. The summed E-state index contributed by atoms with van der Waals surface area (Å²) >= 11 is 1.75. The lowest BCUT2D eigenvalue weighted by Gasteiger charge is -2.25. The summed E-state index contributed by atoms with van der Waals surface area (Å²) in [5.41, 5.74) is 0. The van der Waals surface area contributed by atoms with E-state index in [1.54, 1.807) is 11.3 Å². The molecule has 1 amide bonds. The van der Waals surface area contributed by atoms with E-state index in [1.807, 2.05) is 25.8 Å². The van der Waals surface area contributed by atoms with Crippen molar-refractivity contribution < 1.29 is 4.79 Å². The molecule has 1 heterocycles. The van der Waals surface area contributed by atoms with Crippen LogP contribution < -0.4 is 5.32 Å². The van der Waals surface area contributed by atoms with Crippen molar-refractivity contribution in [3.8, 4) is 0 Å². The zero-order valence-corrected chi connectivity index (χ0v) is 11.9. The second-order valence-electron chi connectivity index (χ2n) is 4.67. The molecule has 1 atom stereocenters. The second kappa shape index (κ2) is 6.77. The van der Waals surface area contributed by atoms with Crippen LogP contribution in [0, 0.1) is 0 Å². The predicted molar refractivity (Wildman–Crippen MR) is 73.4 cm³/mol. The first-order valence-corrected chi connectivity index (χ1v) is 6.90. The molecule has 0 aliphatic rings. The highest BCUT2D eigenvalue weighted by Gasteiger charge is 2.16. The van der Waals surface area contributed by atoms with Crippen LogP contribution in [0.3, 0.4) is 0 Å². The molecule has 0 aliphatic heterocycles. The molecule has 0 bridgehead atoms. The summed E-state index contributed by atoms with van der Waals surface area (Å²) in [5.74, 6) is 0.155. The highest BCUT2D eigenvalue weighted by Crippen LogP contribution is 2.13. The predicted octanol–water partition coefficient (Wildman–Crippen LogP) is 2.14. The van der Waals surface area contributed by atoms with E-state index in [9.17, 15) is 4.79 Å². The molecule has 0 saturated carbocycles. The molecule has 17 heavy (non-hydrogen) atoms. The number of hydrogen-bond acceptors (Lipinski definition) is 3. The number of carbonyl (C=O) groups excluding carboxylic acids is 1. The van der Waals surface area contributed by atoms with E-state index in [0.29, 0.717) is 12.6 Å². The van der Waals surface area contributed by atoms with Gasteiger partial charge >= 0.3 is 0 Å². The number of thiophene rings is 1. The molecular weight excluding hydrogens is 232 g/mol. The number of nitrogens with one attached hydrogen (secondary N) is 1. The van der Waals surface area contributed by atoms with Crippen LogP contribution >= 0.6 is 11.3 Å². The molecule has 1 unspecified atom stereocenters. The first-order valence-electron chi connectivity index (χ1n) is 6.02. The lowest BCUT2D eigenvalue weighted by atomic mass is 10.2. The quantitative estimate of drug-likeness (QED) is 0.843. The summed E-state index contributed by atoms with van der Waals surface area (Å²) in [6.45, 7) is 6.60. The standard InChI is InChI=1S/C13H22N2OS/c1-10(2)14-9-13(16)15(4)11(3)8-12-6-5-7-17-12/h5-7,10-11,14H,8-9H2,1-4H3. The number of nitrogens with zero attached hydrogens (tertiary/aromatic N) is 1. The molecular formula is C13H22N2OS. The Labute approximate surface area is 108 Å². The Morgan fingerprint density at radius 2 is 2.18 bits per heavy atom. The first-order chi connectivity index (χ1) is 8.00. The molecule has 0 aliphatic carbocycles. The van der Waals surface area contributed by atoms with Crippen molar-refractivity contribution >= 4 is 17.2 Å². The molecule has 0 fully saturated rings. The Morgan fingerprint density at radius 1 is 1.47 bits per heavy atom. The van der Waals surface area contributed by atoms with Crippen molar-refractivity contribution in [1.82, 2.24) is 10.2 Å². The smallest absolute Gasteiger partial charge is 0.236 e. The van der Waals surface area contributed by atoms with Crippen LogP contribution in [0.2, 0.25) is 0 Å². The van der Waals surface area contributed by atoms with E-state index >= 15 is 0 Å². The number of carbonyl (C=O) groups is 1. The van der Waals surface area contributed by atoms with Crippen LogP contribution in [0.1, 0.15) is 25.6 Å². The Kier molecular flexibility index (Phi) is 5.65. The Balaban J connectivity index is 2.40. The maximum absolute atomic E-state index is 11.9. The van der Waals surface area contributed by atoms with Crippen molar-refractivity contribution in [3.05, 3.63) is 22.4 Å². The maximum atomic E-state index is 11.9. The van der Waals surface area contributed by atoms with Crippen LogP contribution in [0.5, 0.6) is 0 Å². The van der Waals surface area contributed by atoms with Gasteiger partial charge in [0.25, 0.3) is 0 Å². The van der Waals surface area contributed by atoms with Gasteiger partial charge in [-0.2, -0.15) is 0 Å². The number of hydrogen-bond donors (Lipinski definition) is 1. The molecule has 0 saturated heterocycles. The number of likely N-dealkylation sites (N-methyl/N-ethyl adjacent to an activating group) is 1. The van der Waals surface area contributed by atoms with Crippen molar-refractivity contribution in [2.45, 2.75) is 39.3 Å². The van der Waals surface area contributed by atoms with Gasteiger partial charge in [0, 0.05) is 30.4 Å². The summed E-state index contributed by atoms with van der Waals surface area (Å²) in [7, 11) is 1.88. The van der Waals surface area contributed by atoms with E-state index in [-0.39, 0.29) is 11.9 Å². The zero-order chi connectivity index (χ0) is 12.8. The van der Waals surface area contributed by atoms with Gasteiger partial charge in [-0.3, -0.25) is 4.79 Å². The minimum atomic E-state index is 0.155. The fourth-order valence-corrected chi connectivity index (χ4v) is 2.35. The first kappa shape index (κ1) is 14.2. The third kappa shape index (κ3) is 4.88. The van der Waals surface area contributed by atoms with Crippen LogP contribution in [0.15, 0.2) is 17.5 Å². The molecule has 1 N–H and O–H groups in total. The molecule has 4 heteroatoms. The highest BCUT2D eigenvalue weighted by atomic mass is 32.1. The Hall–Kier alpha value is -0.870. The average molecular weight is 254 g/mol. The average Bonchev–Trinajstić information content (AvgIpc) is 2.77. The molecule has 1 rings (SSSR count). The molecule has 96 valence electrons. The van der Waals surface area contributed by atoms with Crippen molar-refractivity contribution in [3.63, 3.8) is 0 Å². The van der Waals surface area contributed by atoms with Gasteiger partial charge in [0.1, 0.15) is 0 Å². The summed E-state index contributed by atoms with van der Waals surface area (Å²) < 4.78 is 0. The van der Waals surface area contributed by atoms with Gasteiger partial charge in [0.2, 0.25) is 5.91 Å². The van der Waals surface area contributed by atoms with Gasteiger partial charge in [-0.1, -0.05) is 19.9 Å². The Morgan fingerprint density at radius 3 is 2.71 bits per heavy atom. The number of amides is 1. The number of rotatable bonds is 6. The third-order valence-electron chi connectivity index (χ3n) is 2.79. The fourth-order valence-electron chi connectivity index (χ4n) is 1.52. The molecule has 3 nitrogen and oxygen atoms in total. The van der Waals surface area contributed by atoms with E-state index < -0.39 is 0 Å². The lowest BCUT2D eigenvalue weighted by molar-refractivity contribution is -0.130. The van der Waals surface area contributed by atoms with Gasteiger partial charge in [0.15, 0.2) is 0 Å². The highest BCUT2D eigenvalue weighted by molar-refractivity contribution is 7.09. The van der Waals surface area contributed by atoms with Crippen LogP contribution in [0.25, 0.3) is 0 Å². The summed E-state index contributed by atoms with van der Waals surface area (Å²) in [5, 5.41) is 5.22. The zero-order valence-electron chi connectivity index (χ0n) is 11.1. The summed E-state index contributed by atoms with van der Waals surface area (Å²) in [4.78, 5) is 15.0. The SMILES string of the molecule is CC(C)NCC(=O)N(C)C(C)Cc1cccs1. The maximum Gasteiger partial charge on any atom is 0.236 e.